The van der Waals surface area contributed by atoms with Crippen molar-refractivity contribution in [2.24, 2.45) is 0 Å². The maximum absolute atomic E-state index is 12.6. The van der Waals surface area contributed by atoms with Crippen molar-refractivity contribution in [2.45, 2.75) is 64.8 Å². The fourth-order valence-electron chi connectivity index (χ4n) is 4.05. The SMILES string of the molecule is CN(Cc1ccc(C(C)(C)C)cc1)C(=O)CCc1nc2sc3c(c2c(=O)[nH]1)CCC3. The smallest absolute Gasteiger partial charge is 0.259 e. The second-order valence-electron chi connectivity index (χ2n) is 9.25. The van der Waals surface area contributed by atoms with Crippen molar-refractivity contribution < 1.29 is 4.79 Å². The Morgan fingerprint density at radius 1 is 1.20 bits per heavy atom. The average Bonchev–Trinajstić information content (AvgIpc) is 3.26. The van der Waals surface area contributed by atoms with Crippen LogP contribution in [0.15, 0.2) is 29.1 Å². The summed E-state index contributed by atoms with van der Waals surface area (Å²) in [5.74, 6) is 0.648. The molecule has 2 aromatic heterocycles. The Labute approximate surface area is 181 Å². The first-order chi connectivity index (χ1) is 14.2. The van der Waals surface area contributed by atoms with Gasteiger partial charge in [0.2, 0.25) is 5.91 Å². The largest absolute Gasteiger partial charge is 0.341 e. The van der Waals surface area contributed by atoms with E-state index in [1.807, 2.05) is 7.05 Å². The molecule has 0 unspecified atom stereocenters. The van der Waals surface area contributed by atoms with Gasteiger partial charge in [-0.2, -0.15) is 0 Å². The number of nitrogens with one attached hydrogen (secondary N) is 1. The summed E-state index contributed by atoms with van der Waals surface area (Å²) in [6.07, 6.45) is 3.92. The number of aromatic nitrogens is 2. The molecular weight excluding hydrogens is 394 g/mol. The highest BCUT2D eigenvalue weighted by Gasteiger charge is 2.21. The van der Waals surface area contributed by atoms with E-state index < -0.39 is 0 Å². The molecule has 0 saturated carbocycles. The van der Waals surface area contributed by atoms with Gasteiger partial charge in [0, 0.05) is 31.3 Å². The topological polar surface area (TPSA) is 66.1 Å². The van der Waals surface area contributed by atoms with Crippen LogP contribution >= 0.6 is 11.3 Å². The third-order valence-electron chi connectivity index (χ3n) is 5.87. The van der Waals surface area contributed by atoms with Crippen molar-refractivity contribution in [3.05, 3.63) is 62.0 Å². The van der Waals surface area contributed by atoms with E-state index in [2.05, 4.69) is 55.0 Å². The van der Waals surface area contributed by atoms with Gasteiger partial charge in [0.1, 0.15) is 10.7 Å². The number of nitrogens with zero attached hydrogens (tertiary/aromatic N) is 2. The van der Waals surface area contributed by atoms with Crippen molar-refractivity contribution >= 4 is 27.5 Å². The normalized spacial score (nSPS) is 13.6. The van der Waals surface area contributed by atoms with Crippen LogP contribution in [-0.4, -0.2) is 27.8 Å². The van der Waals surface area contributed by atoms with Gasteiger partial charge in [0.15, 0.2) is 0 Å². The quantitative estimate of drug-likeness (QED) is 0.663. The van der Waals surface area contributed by atoms with Gasteiger partial charge in [-0.15, -0.1) is 11.3 Å². The highest BCUT2D eigenvalue weighted by Crippen LogP contribution is 2.34. The number of amides is 1. The molecule has 4 rings (SSSR count). The van der Waals surface area contributed by atoms with Crippen LogP contribution in [0.25, 0.3) is 10.2 Å². The fourth-order valence-corrected chi connectivity index (χ4v) is 5.33. The van der Waals surface area contributed by atoms with Crippen LogP contribution in [-0.2, 0) is 36.0 Å². The Bertz CT molecular complexity index is 1140. The minimum atomic E-state index is -0.0610. The zero-order valence-corrected chi connectivity index (χ0v) is 19.0. The van der Waals surface area contributed by atoms with Crippen LogP contribution in [0.3, 0.4) is 0 Å². The molecule has 0 fully saturated rings. The van der Waals surface area contributed by atoms with E-state index in [0.717, 1.165) is 35.0 Å². The maximum atomic E-state index is 12.6. The summed E-state index contributed by atoms with van der Waals surface area (Å²) in [6, 6.07) is 8.45. The molecule has 2 heterocycles. The Hall–Kier alpha value is -2.47. The molecule has 1 amide bonds. The first-order valence-electron chi connectivity index (χ1n) is 10.6. The highest BCUT2D eigenvalue weighted by molar-refractivity contribution is 7.18. The van der Waals surface area contributed by atoms with E-state index in [0.29, 0.717) is 25.2 Å². The first-order valence-corrected chi connectivity index (χ1v) is 11.4. The molecule has 0 bridgehead atoms. The molecule has 0 spiro atoms. The third kappa shape index (κ3) is 4.19. The zero-order chi connectivity index (χ0) is 21.5. The zero-order valence-electron chi connectivity index (χ0n) is 18.2. The summed E-state index contributed by atoms with van der Waals surface area (Å²) in [4.78, 5) is 36.6. The number of carbonyl (C=O) groups excluding carboxylic acids is 1. The number of aryl methyl sites for hydroxylation is 3. The molecule has 1 N–H and O–H groups in total. The molecule has 5 nitrogen and oxygen atoms in total. The van der Waals surface area contributed by atoms with Crippen molar-refractivity contribution in [1.82, 2.24) is 14.9 Å². The number of benzene rings is 1. The minimum absolute atomic E-state index is 0.0475. The Balaban J connectivity index is 1.39. The van der Waals surface area contributed by atoms with E-state index >= 15 is 0 Å². The highest BCUT2D eigenvalue weighted by atomic mass is 32.1. The van der Waals surface area contributed by atoms with Crippen LogP contribution in [0, 0.1) is 0 Å². The summed E-state index contributed by atoms with van der Waals surface area (Å²) in [5.41, 5.74) is 3.64. The molecule has 0 atom stereocenters. The lowest BCUT2D eigenvalue weighted by Gasteiger charge is -2.21. The van der Waals surface area contributed by atoms with Crippen LogP contribution in [0.1, 0.15) is 61.0 Å². The Morgan fingerprint density at radius 2 is 1.93 bits per heavy atom. The fraction of sp³-hybridized carbons (Fsp3) is 0.458. The van der Waals surface area contributed by atoms with Crippen LogP contribution in [0.4, 0.5) is 0 Å². The molecule has 1 aromatic carbocycles. The lowest BCUT2D eigenvalue weighted by Crippen LogP contribution is -2.27. The number of hydrogen-bond donors (Lipinski definition) is 1. The number of H-pyrrole nitrogens is 1. The van der Waals surface area contributed by atoms with Gasteiger partial charge in [0.25, 0.3) is 5.56 Å². The summed E-state index contributed by atoms with van der Waals surface area (Å²) >= 11 is 1.63. The van der Waals surface area contributed by atoms with Crippen LogP contribution in [0.2, 0.25) is 0 Å². The molecule has 1 aliphatic carbocycles. The lowest BCUT2D eigenvalue weighted by molar-refractivity contribution is -0.130. The molecule has 0 aliphatic heterocycles. The second kappa shape index (κ2) is 7.99. The maximum Gasteiger partial charge on any atom is 0.259 e. The van der Waals surface area contributed by atoms with Crippen molar-refractivity contribution in [3.63, 3.8) is 0 Å². The second-order valence-corrected chi connectivity index (χ2v) is 10.3. The van der Waals surface area contributed by atoms with Crippen molar-refractivity contribution in [3.8, 4) is 0 Å². The molecule has 1 aliphatic rings. The summed E-state index contributed by atoms with van der Waals surface area (Å²) in [6.45, 7) is 7.15. The molecule has 30 heavy (non-hydrogen) atoms. The van der Waals surface area contributed by atoms with Gasteiger partial charge in [-0.3, -0.25) is 9.59 Å². The van der Waals surface area contributed by atoms with Gasteiger partial charge >= 0.3 is 0 Å². The summed E-state index contributed by atoms with van der Waals surface area (Å²) in [7, 11) is 1.82. The Kier molecular flexibility index (Phi) is 5.53. The minimum Gasteiger partial charge on any atom is -0.341 e. The van der Waals surface area contributed by atoms with Crippen LogP contribution < -0.4 is 5.56 Å². The van der Waals surface area contributed by atoms with Gasteiger partial charge < -0.3 is 9.88 Å². The third-order valence-corrected chi connectivity index (χ3v) is 7.05. The number of thiophene rings is 1. The lowest BCUT2D eigenvalue weighted by atomic mass is 9.87. The Morgan fingerprint density at radius 3 is 2.63 bits per heavy atom. The number of rotatable bonds is 5. The van der Waals surface area contributed by atoms with Crippen molar-refractivity contribution in [2.75, 3.05) is 7.05 Å². The average molecular weight is 424 g/mol. The monoisotopic (exact) mass is 423 g/mol. The first kappa shape index (κ1) is 20.8. The molecule has 0 saturated heterocycles. The summed E-state index contributed by atoms with van der Waals surface area (Å²) < 4.78 is 0. The van der Waals surface area contributed by atoms with Crippen molar-refractivity contribution in [1.29, 1.82) is 0 Å². The molecular formula is C24H29N3O2S. The van der Waals surface area contributed by atoms with E-state index in [-0.39, 0.29) is 16.9 Å². The van der Waals surface area contributed by atoms with Crippen LogP contribution in [0.5, 0.6) is 0 Å². The van der Waals surface area contributed by atoms with E-state index in [9.17, 15) is 9.59 Å². The van der Waals surface area contributed by atoms with Gasteiger partial charge in [-0.05, 0) is 41.4 Å². The van der Waals surface area contributed by atoms with Gasteiger partial charge in [-0.1, -0.05) is 45.0 Å². The van der Waals surface area contributed by atoms with E-state index in [1.165, 1.54) is 16.0 Å². The number of hydrogen-bond acceptors (Lipinski definition) is 4. The molecule has 158 valence electrons. The standard InChI is InChI=1S/C24H29N3O2S/c1-24(2,3)16-10-8-15(9-11-16)14-27(4)20(28)13-12-19-25-22(29)21-17-6-5-7-18(17)30-23(21)26-19/h8-11H,5-7,12-14H2,1-4H3,(H,25,26,29). The predicted molar refractivity (Wildman–Crippen MR) is 122 cm³/mol. The predicted octanol–water partition coefficient (Wildman–Crippen LogP) is 4.36. The van der Waals surface area contributed by atoms with E-state index in [4.69, 9.17) is 0 Å². The summed E-state index contributed by atoms with van der Waals surface area (Å²) in [5, 5.41) is 0.762. The molecule has 3 aromatic rings. The molecule has 6 heteroatoms. The van der Waals surface area contributed by atoms with Gasteiger partial charge in [-0.25, -0.2) is 4.98 Å². The number of fused-ring (bicyclic) bond motifs is 3. The van der Waals surface area contributed by atoms with Gasteiger partial charge in [0.05, 0.1) is 5.39 Å². The molecule has 0 radical (unpaired) electrons. The van der Waals surface area contributed by atoms with E-state index in [1.54, 1.807) is 16.2 Å². The number of carbonyl (C=O) groups is 1. The number of aromatic amines is 1.